The predicted octanol–water partition coefficient (Wildman–Crippen LogP) is 20.6. The van der Waals surface area contributed by atoms with Crippen molar-refractivity contribution in [1.82, 2.24) is 5.32 Å². The Morgan fingerprint density at radius 2 is 0.713 bits per heavy atom. The first-order valence-electron chi connectivity index (χ1n) is 36.9. The third-order valence-corrected chi connectivity index (χ3v) is 17.2. The van der Waals surface area contributed by atoms with E-state index in [0.717, 1.165) is 89.9 Å². The molecule has 7 unspecified atom stereocenters. The number of aliphatic hydroxyl groups is 5. The largest absolute Gasteiger partial charge is 0.394 e. The van der Waals surface area contributed by atoms with Crippen LogP contribution >= 0.6 is 0 Å². The molecule has 6 N–H and O–H groups in total. The van der Waals surface area contributed by atoms with Crippen molar-refractivity contribution in [1.29, 1.82) is 0 Å². The van der Waals surface area contributed by atoms with Crippen LogP contribution < -0.4 is 5.32 Å². The summed E-state index contributed by atoms with van der Waals surface area (Å²) < 4.78 is 11.4. The second-order valence-corrected chi connectivity index (χ2v) is 25.4. The highest BCUT2D eigenvalue weighted by molar-refractivity contribution is 5.76. The lowest BCUT2D eigenvalue weighted by Gasteiger charge is -2.40. The van der Waals surface area contributed by atoms with Gasteiger partial charge in [0.05, 0.1) is 25.4 Å². The summed E-state index contributed by atoms with van der Waals surface area (Å²) >= 11 is 0. The lowest BCUT2D eigenvalue weighted by atomic mass is 9.99. The highest BCUT2D eigenvalue weighted by atomic mass is 16.7. The molecular formula is C78H139NO8. The van der Waals surface area contributed by atoms with Crippen LogP contribution in [0.2, 0.25) is 0 Å². The van der Waals surface area contributed by atoms with Crippen LogP contribution in [-0.2, 0) is 14.3 Å². The molecule has 0 bridgehead atoms. The summed E-state index contributed by atoms with van der Waals surface area (Å²) in [6.07, 6.45) is 89.0. The molecular weight excluding hydrogens is 1080 g/mol. The van der Waals surface area contributed by atoms with Crippen molar-refractivity contribution in [2.24, 2.45) is 0 Å². The van der Waals surface area contributed by atoms with Crippen molar-refractivity contribution >= 4 is 5.91 Å². The average Bonchev–Trinajstić information content (AvgIpc) is 3.37. The second kappa shape index (κ2) is 66.0. The molecule has 9 heteroatoms. The van der Waals surface area contributed by atoms with Gasteiger partial charge in [0.15, 0.2) is 6.29 Å². The number of hydrogen-bond acceptors (Lipinski definition) is 8. The molecule has 0 spiro atoms. The first kappa shape index (κ1) is 82.1. The minimum atomic E-state index is -1.56. The molecule has 0 aromatic heterocycles. The second-order valence-electron chi connectivity index (χ2n) is 25.4. The maximum Gasteiger partial charge on any atom is 0.220 e. The summed E-state index contributed by atoms with van der Waals surface area (Å²) in [4.78, 5) is 13.2. The van der Waals surface area contributed by atoms with E-state index >= 15 is 0 Å². The zero-order valence-corrected chi connectivity index (χ0v) is 56.5. The van der Waals surface area contributed by atoms with Crippen LogP contribution in [0.25, 0.3) is 0 Å². The van der Waals surface area contributed by atoms with Crippen LogP contribution in [0.3, 0.4) is 0 Å². The van der Waals surface area contributed by atoms with E-state index in [0.29, 0.717) is 12.8 Å². The van der Waals surface area contributed by atoms with Crippen molar-refractivity contribution in [3.63, 3.8) is 0 Å². The van der Waals surface area contributed by atoms with Gasteiger partial charge in [-0.05, 0) is 77.0 Å². The van der Waals surface area contributed by atoms with Crippen LogP contribution in [0.15, 0.2) is 97.2 Å². The van der Waals surface area contributed by atoms with Crippen LogP contribution in [0, 0.1) is 0 Å². The first-order valence-corrected chi connectivity index (χ1v) is 36.9. The van der Waals surface area contributed by atoms with Crippen molar-refractivity contribution in [2.75, 3.05) is 13.2 Å². The Labute approximate surface area is 536 Å². The van der Waals surface area contributed by atoms with E-state index in [-0.39, 0.29) is 12.5 Å². The van der Waals surface area contributed by atoms with Crippen LogP contribution in [0.5, 0.6) is 0 Å². The van der Waals surface area contributed by atoms with E-state index in [1.54, 1.807) is 0 Å². The molecule has 87 heavy (non-hydrogen) atoms. The third kappa shape index (κ3) is 54.6. The number of carbonyl (C=O) groups is 1. The predicted molar refractivity (Wildman–Crippen MR) is 373 cm³/mol. The van der Waals surface area contributed by atoms with Gasteiger partial charge in [-0.25, -0.2) is 0 Å². The molecule has 0 aromatic rings. The third-order valence-electron chi connectivity index (χ3n) is 17.2. The number of amides is 1. The van der Waals surface area contributed by atoms with Crippen LogP contribution in [0.1, 0.15) is 335 Å². The standard InChI is InChI=1S/C78H139NO8/c1-3-5-7-9-11-13-15-17-19-21-23-25-27-29-31-32-33-34-35-36-37-38-39-40-42-44-46-48-50-52-54-56-58-60-62-64-66-68-74(82)79-71(70-86-78-77(85)76(84)75(83)73(69-80)87-78)72(81)67-65-63-61-59-57-55-53-51-49-47-45-43-41-30-28-26-24-22-20-18-16-14-12-10-8-6-4-2/h5,7,11,13,17,19,23,25,29,31,33-34,36-37,39-40,71-73,75-78,80-81,83-85H,3-4,6,8-10,12,14-16,18,20-22,24,26-28,30,32,35,38,41-70H2,1-2H3,(H,79,82)/b7-5-,13-11-,19-17-,25-23-,31-29-,34-33-,37-36-,40-39-. The van der Waals surface area contributed by atoms with Crippen molar-refractivity contribution in [2.45, 2.75) is 378 Å². The number of carbonyl (C=O) groups excluding carboxylic acids is 1. The fourth-order valence-corrected chi connectivity index (χ4v) is 11.5. The maximum atomic E-state index is 13.2. The fraction of sp³-hybridized carbons (Fsp3) is 0.782. The van der Waals surface area contributed by atoms with E-state index in [2.05, 4.69) is 116 Å². The Balaban J connectivity index is 2.11. The Hall–Kier alpha value is -2.89. The van der Waals surface area contributed by atoms with E-state index < -0.39 is 49.5 Å². The number of ether oxygens (including phenoxy) is 2. The van der Waals surface area contributed by atoms with Crippen LogP contribution in [-0.4, -0.2) is 87.5 Å². The summed E-state index contributed by atoms with van der Waals surface area (Å²) in [6.45, 7) is 3.76. The summed E-state index contributed by atoms with van der Waals surface area (Å²) in [5.41, 5.74) is 0. The Morgan fingerprint density at radius 1 is 0.402 bits per heavy atom. The molecule has 1 saturated heterocycles. The fourth-order valence-electron chi connectivity index (χ4n) is 11.5. The monoisotopic (exact) mass is 1220 g/mol. The molecule has 0 saturated carbocycles. The molecule has 1 amide bonds. The Bertz CT molecular complexity index is 1700. The normalized spacial score (nSPS) is 18.5. The van der Waals surface area contributed by atoms with Crippen molar-refractivity contribution in [3.8, 4) is 0 Å². The Kier molecular flexibility index (Phi) is 62.3. The number of unbranched alkanes of at least 4 members (excludes halogenated alkanes) is 38. The number of rotatable bonds is 64. The van der Waals surface area contributed by atoms with Gasteiger partial charge < -0.3 is 40.3 Å². The summed E-state index contributed by atoms with van der Waals surface area (Å²) in [7, 11) is 0. The van der Waals surface area contributed by atoms with E-state index in [1.807, 2.05) is 0 Å². The van der Waals surface area contributed by atoms with Gasteiger partial charge in [0, 0.05) is 6.42 Å². The van der Waals surface area contributed by atoms with Gasteiger partial charge in [-0.15, -0.1) is 0 Å². The molecule has 504 valence electrons. The smallest absolute Gasteiger partial charge is 0.220 e. The molecule has 1 rings (SSSR count). The highest BCUT2D eigenvalue weighted by Crippen LogP contribution is 2.24. The molecule has 9 nitrogen and oxygen atoms in total. The quantitative estimate of drug-likeness (QED) is 0.0261. The molecule has 0 aliphatic carbocycles. The van der Waals surface area contributed by atoms with Gasteiger partial charge in [-0.1, -0.05) is 349 Å². The average molecular weight is 1220 g/mol. The van der Waals surface area contributed by atoms with Gasteiger partial charge >= 0.3 is 0 Å². The summed E-state index contributed by atoms with van der Waals surface area (Å²) in [6, 6.07) is -0.727. The van der Waals surface area contributed by atoms with Crippen molar-refractivity contribution in [3.05, 3.63) is 97.2 Å². The van der Waals surface area contributed by atoms with E-state index in [9.17, 15) is 30.3 Å². The molecule has 1 aliphatic rings. The van der Waals surface area contributed by atoms with Gasteiger partial charge in [0.2, 0.25) is 5.91 Å². The van der Waals surface area contributed by atoms with Crippen molar-refractivity contribution < 1.29 is 39.8 Å². The zero-order valence-electron chi connectivity index (χ0n) is 56.5. The first-order chi connectivity index (χ1) is 42.8. The summed E-state index contributed by atoms with van der Waals surface area (Å²) in [5.74, 6) is -0.145. The minimum absolute atomic E-state index is 0.141. The maximum absolute atomic E-state index is 13.2. The number of allylic oxidation sites excluding steroid dienone is 16. The topological polar surface area (TPSA) is 149 Å². The highest BCUT2D eigenvalue weighted by Gasteiger charge is 2.44. The molecule has 0 radical (unpaired) electrons. The van der Waals surface area contributed by atoms with E-state index in [1.165, 1.54) is 218 Å². The molecule has 1 aliphatic heterocycles. The lowest BCUT2D eigenvalue weighted by molar-refractivity contribution is -0.302. The minimum Gasteiger partial charge on any atom is -0.394 e. The SMILES string of the molecule is CC/C=C\C/C=C\C/C=C\C/C=C\C/C=C\C/C=C\C/C=C\C/C=C\CCCCCCCCCCCCCCC(=O)NC(COC1OC(CO)C(O)C(O)C1O)C(O)CCCCCCCCCCCCCCCCCCCCCCCCCCCCC. The lowest BCUT2D eigenvalue weighted by Crippen LogP contribution is -2.60. The van der Waals surface area contributed by atoms with E-state index in [4.69, 9.17) is 9.47 Å². The van der Waals surface area contributed by atoms with Gasteiger partial charge in [0.25, 0.3) is 0 Å². The van der Waals surface area contributed by atoms with Crippen LogP contribution in [0.4, 0.5) is 0 Å². The molecule has 0 aromatic carbocycles. The summed E-state index contributed by atoms with van der Waals surface area (Å²) in [5, 5.41) is 55.0. The molecule has 1 heterocycles. The van der Waals surface area contributed by atoms with Gasteiger partial charge in [0.1, 0.15) is 24.4 Å². The Morgan fingerprint density at radius 3 is 1.06 bits per heavy atom. The van der Waals surface area contributed by atoms with Gasteiger partial charge in [-0.2, -0.15) is 0 Å². The molecule has 7 atom stereocenters. The molecule has 1 fully saturated rings. The number of nitrogens with one attached hydrogen (secondary N) is 1. The number of aliphatic hydroxyl groups excluding tert-OH is 5. The van der Waals surface area contributed by atoms with Gasteiger partial charge in [-0.3, -0.25) is 4.79 Å². The zero-order chi connectivity index (χ0) is 62.8. The number of hydrogen-bond donors (Lipinski definition) is 6.